The van der Waals surface area contributed by atoms with Gasteiger partial charge in [0.1, 0.15) is 0 Å². The Morgan fingerprint density at radius 1 is 1.54 bits per heavy atom. The van der Waals surface area contributed by atoms with Crippen LogP contribution in [0.2, 0.25) is 0 Å². The molecular weight excluding hydrogens is 166 g/mol. The Bertz CT molecular complexity index is 203. The number of rotatable bonds is 2. The first-order chi connectivity index (χ1) is 6.16. The molecule has 0 radical (unpaired) electrons. The quantitative estimate of drug-likeness (QED) is 0.647. The van der Waals surface area contributed by atoms with Crippen molar-refractivity contribution in [1.29, 1.82) is 0 Å². The minimum atomic E-state index is -0.359. The van der Waals surface area contributed by atoms with E-state index in [2.05, 4.69) is 6.58 Å². The van der Waals surface area contributed by atoms with Crippen molar-refractivity contribution in [2.45, 2.75) is 37.8 Å². The Morgan fingerprint density at radius 2 is 2.15 bits per heavy atom. The maximum absolute atomic E-state index is 11.3. The van der Waals surface area contributed by atoms with Gasteiger partial charge in [0.05, 0.1) is 12.1 Å². The third-order valence-electron chi connectivity index (χ3n) is 2.71. The topological polar surface area (TPSA) is 40.5 Å². The second-order valence-electron chi connectivity index (χ2n) is 3.57. The summed E-state index contributed by atoms with van der Waals surface area (Å²) < 4.78 is 0. The van der Waals surface area contributed by atoms with Gasteiger partial charge in [-0.05, 0) is 18.9 Å². The molecule has 1 amide bonds. The fraction of sp³-hybridized carbons (Fsp3) is 0.700. The zero-order valence-corrected chi connectivity index (χ0v) is 8.07. The first-order valence-corrected chi connectivity index (χ1v) is 4.74. The van der Waals surface area contributed by atoms with Crippen molar-refractivity contribution in [3.05, 3.63) is 12.7 Å². The highest BCUT2D eigenvalue weighted by atomic mass is 16.3. The molecule has 0 aliphatic heterocycles. The predicted molar refractivity (Wildman–Crippen MR) is 51.2 cm³/mol. The van der Waals surface area contributed by atoms with Crippen molar-refractivity contribution < 1.29 is 9.90 Å². The highest BCUT2D eigenvalue weighted by molar-refractivity contribution is 5.87. The van der Waals surface area contributed by atoms with Gasteiger partial charge in [0, 0.05) is 7.05 Å². The van der Waals surface area contributed by atoms with Crippen LogP contribution in [0.4, 0.5) is 0 Å². The lowest BCUT2D eigenvalue weighted by Gasteiger charge is -2.34. The van der Waals surface area contributed by atoms with Gasteiger partial charge in [-0.2, -0.15) is 0 Å². The first-order valence-electron chi connectivity index (χ1n) is 4.74. The molecule has 0 heterocycles. The van der Waals surface area contributed by atoms with Crippen LogP contribution in [0.15, 0.2) is 12.7 Å². The summed E-state index contributed by atoms with van der Waals surface area (Å²) in [4.78, 5) is 12.8. The van der Waals surface area contributed by atoms with Gasteiger partial charge in [-0.3, -0.25) is 4.79 Å². The van der Waals surface area contributed by atoms with E-state index in [-0.39, 0.29) is 18.1 Å². The SMILES string of the molecule is C=CC(=O)N(C)C1CCCCC1O. The van der Waals surface area contributed by atoms with Crippen molar-refractivity contribution in [3.63, 3.8) is 0 Å². The van der Waals surface area contributed by atoms with E-state index in [4.69, 9.17) is 0 Å². The molecule has 3 nitrogen and oxygen atoms in total. The van der Waals surface area contributed by atoms with Gasteiger partial charge < -0.3 is 10.0 Å². The monoisotopic (exact) mass is 183 g/mol. The number of nitrogens with zero attached hydrogens (tertiary/aromatic N) is 1. The van der Waals surface area contributed by atoms with Gasteiger partial charge in [-0.25, -0.2) is 0 Å². The number of amides is 1. The molecule has 1 aliphatic rings. The second-order valence-corrected chi connectivity index (χ2v) is 3.57. The van der Waals surface area contributed by atoms with Crippen LogP contribution in [0.1, 0.15) is 25.7 Å². The molecule has 0 spiro atoms. The van der Waals surface area contributed by atoms with Crippen LogP contribution >= 0.6 is 0 Å². The molecule has 1 saturated carbocycles. The van der Waals surface area contributed by atoms with E-state index in [0.29, 0.717) is 0 Å². The van der Waals surface area contributed by atoms with E-state index in [9.17, 15) is 9.90 Å². The van der Waals surface area contributed by atoms with Crippen molar-refractivity contribution in [3.8, 4) is 0 Å². The van der Waals surface area contributed by atoms with Crippen LogP contribution in [0.5, 0.6) is 0 Å². The standard InChI is InChI=1S/C10H17NO2/c1-3-10(13)11(2)8-6-4-5-7-9(8)12/h3,8-9,12H,1,4-7H2,2H3. The van der Waals surface area contributed by atoms with Crippen LogP contribution in [0, 0.1) is 0 Å². The molecule has 0 aromatic rings. The number of hydrogen-bond acceptors (Lipinski definition) is 2. The van der Waals surface area contributed by atoms with E-state index >= 15 is 0 Å². The molecule has 1 N–H and O–H groups in total. The van der Waals surface area contributed by atoms with Gasteiger partial charge >= 0.3 is 0 Å². The number of carbonyl (C=O) groups excluding carboxylic acids is 1. The zero-order chi connectivity index (χ0) is 9.84. The molecule has 2 atom stereocenters. The molecule has 74 valence electrons. The Morgan fingerprint density at radius 3 is 2.69 bits per heavy atom. The van der Waals surface area contributed by atoms with Crippen LogP contribution in [0.3, 0.4) is 0 Å². The van der Waals surface area contributed by atoms with Gasteiger partial charge in [0.25, 0.3) is 0 Å². The summed E-state index contributed by atoms with van der Waals surface area (Å²) in [7, 11) is 1.73. The summed E-state index contributed by atoms with van der Waals surface area (Å²) in [5.41, 5.74) is 0. The minimum Gasteiger partial charge on any atom is -0.391 e. The van der Waals surface area contributed by atoms with E-state index in [1.807, 2.05) is 0 Å². The fourth-order valence-corrected chi connectivity index (χ4v) is 1.85. The van der Waals surface area contributed by atoms with Gasteiger partial charge in [0.2, 0.25) is 5.91 Å². The Hall–Kier alpha value is -0.830. The van der Waals surface area contributed by atoms with Crippen LogP contribution in [-0.2, 0) is 4.79 Å². The van der Waals surface area contributed by atoms with Gasteiger partial charge in [0.15, 0.2) is 0 Å². The molecule has 1 aliphatic carbocycles. The maximum atomic E-state index is 11.3. The Kier molecular flexibility index (Phi) is 3.48. The summed E-state index contributed by atoms with van der Waals surface area (Å²) in [6, 6.07) is -0.0146. The fourth-order valence-electron chi connectivity index (χ4n) is 1.85. The first kappa shape index (κ1) is 10.3. The summed E-state index contributed by atoms with van der Waals surface area (Å²) in [6.07, 6.45) is 4.80. The Balaban J connectivity index is 2.57. The smallest absolute Gasteiger partial charge is 0.246 e. The zero-order valence-electron chi connectivity index (χ0n) is 8.07. The normalized spacial score (nSPS) is 28.2. The highest BCUT2D eigenvalue weighted by Crippen LogP contribution is 2.22. The molecule has 3 heteroatoms. The summed E-state index contributed by atoms with van der Waals surface area (Å²) >= 11 is 0. The molecule has 13 heavy (non-hydrogen) atoms. The molecule has 1 rings (SSSR count). The van der Waals surface area contributed by atoms with Gasteiger partial charge in [-0.15, -0.1) is 0 Å². The van der Waals surface area contributed by atoms with Gasteiger partial charge in [-0.1, -0.05) is 19.4 Å². The molecular formula is C10H17NO2. The number of aliphatic hydroxyl groups excluding tert-OH is 1. The molecule has 0 aromatic carbocycles. The third-order valence-corrected chi connectivity index (χ3v) is 2.71. The number of likely N-dealkylation sites (N-methyl/N-ethyl adjacent to an activating group) is 1. The number of aliphatic hydroxyl groups is 1. The van der Waals surface area contributed by atoms with Crippen LogP contribution < -0.4 is 0 Å². The second kappa shape index (κ2) is 4.42. The van der Waals surface area contributed by atoms with E-state index in [1.165, 1.54) is 6.08 Å². The maximum Gasteiger partial charge on any atom is 0.246 e. The van der Waals surface area contributed by atoms with Crippen LogP contribution in [-0.4, -0.2) is 35.1 Å². The summed E-state index contributed by atoms with van der Waals surface area (Å²) in [6.45, 7) is 3.43. The van der Waals surface area contributed by atoms with Crippen molar-refractivity contribution >= 4 is 5.91 Å². The predicted octanol–water partition coefficient (Wildman–Crippen LogP) is 0.934. The number of carbonyl (C=O) groups is 1. The average Bonchev–Trinajstić information content (AvgIpc) is 2.16. The van der Waals surface area contributed by atoms with E-state index in [1.54, 1.807) is 11.9 Å². The van der Waals surface area contributed by atoms with Crippen molar-refractivity contribution in [1.82, 2.24) is 4.90 Å². The Labute approximate surface area is 79.0 Å². The lowest BCUT2D eigenvalue weighted by atomic mass is 9.91. The molecule has 0 saturated heterocycles. The highest BCUT2D eigenvalue weighted by Gasteiger charge is 2.28. The minimum absolute atomic E-state index is 0.0146. The lowest BCUT2D eigenvalue weighted by Crippen LogP contribution is -2.45. The molecule has 2 unspecified atom stereocenters. The average molecular weight is 183 g/mol. The van der Waals surface area contributed by atoms with Crippen molar-refractivity contribution in [2.75, 3.05) is 7.05 Å². The summed E-state index contributed by atoms with van der Waals surface area (Å²) in [5, 5.41) is 9.66. The lowest BCUT2D eigenvalue weighted by molar-refractivity contribution is -0.130. The molecule has 1 fully saturated rings. The summed E-state index contributed by atoms with van der Waals surface area (Å²) in [5.74, 6) is -0.106. The molecule has 0 aromatic heterocycles. The van der Waals surface area contributed by atoms with Crippen LogP contribution in [0.25, 0.3) is 0 Å². The van der Waals surface area contributed by atoms with E-state index in [0.717, 1.165) is 25.7 Å². The molecule has 0 bridgehead atoms. The number of hydrogen-bond donors (Lipinski definition) is 1. The van der Waals surface area contributed by atoms with E-state index < -0.39 is 0 Å². The third kappa shape index (κ3) is 2.31. The van der Waals surface area contributed by atoms with Crippen molar-refractivity contribution in [2.24, 2.45) is 0 Å². The largest absolute Gasteiger partial charge is 0.391 e.